The van der Waals surface area contributed by atoms with E-state index in [0.717, 1.165) is 37.3 Å². The predicted molar refractivity (Wildman–Crippen MR) is 111 cm³/mol. The summed E-state index contributed by atoms with van der Waals surface area (Å²) in [7, 11) is 0. The van der Waals surface area contributed by atoms with Crippen LogP contribution in [-0.4, -0.2) is 45.9 Å². The number of ether oxygens (including phenoxy) is 1. The van der Waals surface area contributed by atoms with Crippen molar-refractivity contribution in [2.24, 2.45) is 0 Å². The fraction of sp³-hybridized carbons (Fsp3) is 0.524. The first-order valence-electron chi connectivity index (χ1n) is 10.6. The maximum absolute atomic E-state index is 12.6. The Bertz CT molecular complexity index is 980. The average Bonchev–Trinajstić information content (AvgIpc) is 3.10. The molecule has 9 nitrogen and oxygen atoms in total. The van der Waals surface area contributed by atoms with Gasteiger partial charge in [0, 0.05) is 38.9 Å². The zero-order valence-electron chi connectivity index (χ0n) is 17.0. The summed E-state index contributed by atoms with van der Waals surface area (Å²) in [5.41, 5.74) is 0.690. The van der Waals surface area contributed by atoms with Gasteiger partial charge in [0.1, 0.15) is 18.2 Å². The molecule has 2 amide bonds. The number of hydrogen-bond donors (Lipinski definition) is 1. The highest BCUT2D eigenvalue weighted by molar-refractivity contribution is 5.97. The fourth-order valence-corrected chi connectivity index (χ4v) is 3.92. The van der Waals surface area contributed by atoms with Crippen molar-refractivity contribution in [3.05, 3.63) is 40.6 Å². The first-order valence-corrected chi connectivity index (χ1v) is 10.6. The van der Waals surface area contributed by atoms with Crippen LogP contribution >= 0.6 is 0 Å². The van der Waals surface area contributed by atoms with E-state index >= 15 is 0 Å². The highest BCUT2D eigenvalue weighted by Crippen LogP contribution is 2.31. The summed E-state index contributed by atoms with van der Waals surface area (Å²) < 4.78 is 8.80. The van der Waals surface area contributed by atoms with Gasteiger partial charge >= 0.3 is 5.69 Å². The average molecular weight is 413 g/mol. The number of para-hydroxylation sites is 2. The zero-order valence-corrected chi connectivity index (χ0v) is 17.0. The first-order chi connectivity index (χ1) is 14.6. The molecule has 0 spiro atoms. The number of nitrogens with zero attached hydrogens (tertiary/aromatic N) is 4. The zero-order chi connectivity index (χ0) is 20.9. The second-order valence-corrected chi connectivity index (χ2v) is 7.60. The molecule has 0 bridgehead atoms. The van der Waals surface area contributed by atoms with E-state index in [1.807, 2.05) is 24.3 Å². The van der Waals surface area contributed by atoms with Crippen molar-refractivity contribution in [1.82, 2.24) is 19.7 Å². The molecule has 0 saturated carbocycles. The number of benzene rings is 1. The predicted octanol–water partition coefficient (Wildman–Crippen LogP) is 1.09. The molecule has 0 atom stereocenters. The van der Waals surface area contributed by atoms with E-state index in [1.165, 1.54) is 4.68 Å². The number of aromatic nitrogens is 3. The molecule has 4 rings (SSSR count). The second-order valence-electron chi connectivity index (χ2n) is 7.60. The van der Waals surface area contributed by atoms with Crippen LogP contribution in [0.4, 0.5) is 5.69 Å². The molecular formula is C21H27N5O4. The molecule has 2 aliphatic heterocycles. The van der Waals surface area contributed by atoms with Gasteiger partial charge in [-0.15, -0.1) is 0 Å². The molecule has 1 aromatic carbocycles. The van der Waals surface area contributed by atoms with Gasteiger partial charge in [-0.3, -0.25) is 14.2 Å². The first kappa shape index (κ1) is 20.2. The van der Waals surface area contributed by atoms with Gasteiger partial charge in [0.2, 0.25) is 11.8 Å². The van der Waals surface area contributed by atoms with Crippen molar-refractivity contribution in [1.29, 1.82) is 0 Å². The lowest BCUT2D eigenvalue weighted by Gasteiger charge is -2.29. The number of amides is 2. The molecule has 2 aromatic rings. The Morgan fingerprint density at radius 2 is 2.00 bits per heavy atom. The molecule has 3 heterocycles. The molecule has 1 N–H and O–H groups in total. The number of anilines is 1. The van der Waals surface area contributed by atoms with Crippen LogP contribution in [0.5, 0.6) is 5.75 Å². The molecule has 0 aliphatic carbocycles. The summed E-state index contributed by atoms with van der Waals surface area (Å²) >= 11 is 0. The normalized spacial score (nSPS) is 15.1. The molecular weight excluding hydrogens is 386 g/mol. The van der Waals surface area contributed by atoms with E-state index in [0.29, 0.717) is 38.4 Å². The monoisotopic (exact) mass is 413 g/mol. The van der Waals surface area contributed by atoms with Gasteiger partial charge in [-0.2, -0.15) is 5.10 Å². The number of rotatable bonds is 7. The molecule has 0 unspecified atom stereocenters. The summed E-state index contributed by atoms with van der Waals surface area (Å²) in [5, 5.41) is 7.22. The van der Waals surface area contributed by atoms with Crippen molar-refractivity contribution in [2.45, 2.75) is 51.6 Å². The Kier molecular flexibility index (Phi) is 6.15. The van der Waals surface area contributed by atoms with E-state index in [-0.39, 0.29) is 30.3 Å². The van der Waals surface area contributed by atoms with Crippen LogP contribution in [-0.2, 0) is 29.1 Å². The summed E-state index contributed by atoms with van der Waals surface area (Å²) in [4.78, 5) is 38.6. The quantitative estimate of drug-likeness (QED) is 0.686. The highest BCUT2D eigenvalue weighted by Gasteiger charge is 2.23. The van der Waals surface area contributed by atoms with E-state index in [9.17, 15) is 14.4 Å². The minimum atomic E-state index is -0.165. The minimum absolute atomic E-state index is 0.0626. The van der Waals surface area contributed by atoms with Crippen LogP contribution < -0.4 is 20.6 Å². The highest BCUT2D eigenvalue weighted by atomic mass is 16.5. The van der Waals surface area contributed by atoms with Crippen molar-refractivity contribution in [2.75, 3.05) is 24.6 Å². The maximum Gasteiger partial charge on any atom is 0.345 e. The van der Waals surface area contributed by atoms with Crippen LogP contribution in [0.1, 0.15) is 37.9 Å². The summed E-state index contributed by atoms with van der Waals surface area (Å²) in [6.07, 6.45) is 3.84. The lowest BCUT2D eigenvalue weighted by Crippen LogP contribution is -2.38. The Labute approximate surface area is 174 Å². The number of nitrogens with one attached hydrogen (secondary N) is 1. The third kappa shape index (κ3) is 4.39. The maximum atomic E-state index is 12.6. The van der Waals surface area contributed by atoms with Gasteiger partial charge in [0.15, 0.2) is 0 Å². The molecule has 30 heavy (non-hydrogen) atoms. The molecule has 9 heteroatoms. The van der Waals surface area contributed by atoms with E-state index in [2.05, 4.69) is 10.4 Å². The largest absolute Gasteiger partial charge is 0.490 e. The third-order valence-electron chi connectivity index (χ3n) is 5.50. The Balaban J connectivity index is 1.19. The van der Waals surface area contributed by atoms with Crippen LogP contribution in [0.3, 0.4) is 0 Å². The molecule has 0 fully saturated rings. The van der Waals surface area contributed by atoms with Gasteiger partial charge in [-0.05, 0) is 31.4 Å². The summed E-state index contributed by atoms with van der Waals surface area (Å²) in [6, 6.07) is 7.42. The van der Waals surface area contributed by atoms with Crippen LogP contribution in [0.25, 0.3) is 0 Å². The van der Waals surface area contributed by atoms with Gasteiger partial charge in [-0.25, -0.2) is 9.48 Å². The van der Waals surface area contributed by atoms with E-state index in [1.54, 1.807) is 9.47 Å². The van der Waals surface area contributed by atoms with Gasteiger partial charge < -0.3 is 15.0 Å². The van der Waals surface area contributed by atoms with Crippen LogP contribution in [0.2, 0.25) is 0 Å². The van der Waals surface area contributed by atoms with Crippen molar-refractivity contribution in [3.8, 4) is 5.75 Å². The van der Waals surface area contributed by atoms with E-state index in [4.69, 9.17) is 4.74 Å². The molecule has 1 aromatic heterocycles. The molecule has 0 saturated heterocycles. The van der Waals surface area contributed by atoms with Crippen molar-refractivity contribution in [3.63, 3.8) is 0 Å². The number of carbonyl (C=O) groups is 2. The van der Waals surface area contributed by atoms with Crippen LogP contribution in [0.15, 0.2) is 29.1 Å². The topological polar surface area (TPSA) is 98.5 Å². The lowest BCUT2D eigenvalue weighted by atomic mass is 10.2. The molecule has 2 aliphatic rings. The van der Waals surface area contributed by atoms with Crippen molar-refractivity contribution >= 4 is 17.5 Å². The standard InChI is InChI=1S/C21H27N5O4/c27-19(9-10-20(28)24-14-15-30-17-7-2-1-6-16(17)24)22-11-5-13-26-21(29)25-12-4-3-8-18(25)23-26/h1-2,6-7H,3-5,8-15H2,(H,22,27). The number of aryl methyl sites for hydroxylation is 2. The second kappa shape index (κ2) is 9.15. The van der Waals surface area contributed by atoms with Gasteiger partial charge in [0.25, 0.3) is 0 Å². The number of carbonyl (C=O) groups excluding carboxylic acids is 2. The smallest absolute Gasteiger partial charge is 0.345 e. The lowest BCUT2D eigenvalue weighted by molar-refractivity contribution is -0.125. The Morgan fingerprint density at radius 3 is 2.87 bits per heavy atom. The van der Waals surface area contributed by atoms with Crippen molar-refractivity contribution < 1.29 is 14.3 Å². The van der Waals surface area contributed by atoms with E-state index < -0.39 is 0 Å². The Morgan fingerprint density at radius 1 is 1.13 bits per heavy atom. The third-order valence-corrected chi connectivity index (χ3v) is 5.50. The Hall–Kier alpha value is -3.10. The molecule has 160 valence electrons. The SMILES string of the molecule is O=C(CCC(=O)N1CCOc2ccccc21)NCCCn1nc2n(c1=O)CCCC2. The number of hydrogen-bond acceptors (Lipinski definition) is 5. The number of fused-ring (bicyclic) bond motifs is 2. The summed E-state index contributed by atoms with van der Waals surface area (Å²) in [5.74, 6) is 1.30. The summed E-state index contributed by atoms with van der Waals surface area (Å²) in [6.45, 7) is 2.60. The van der Waals surface area contributed by atoms with Crippen LogP contribution in [0, 0.1) is 0 Å². The minimum Gasteiger partial charge on any atom is -0.490 e. The van der Waals surface area contributed by atoms with Gasteiger partial charge in [-0.1, -0.05) is 12.1 Å². The van der Waals surface area contributed by atoms with Gasteiger partial charge in [0.05, 0.1) is 12.2 Å². The molecule has 0 radical (unpaired) electrons. The fourth-order valence-electron chi connectivity index (χ4n) is 3.92.